The highest BCUT2D eigenvalue weighted by molar-refractivity contribution is 5.85. The fraction of sp³-hybridized carbons (Fsp3) is 0.579. The van der Waals surface area contributed by atoms with E-state index in [-0.39, 0.29) is 49.5 Å². The summed E-state index contributed by atoms with van der Waals surface area (Å²) in [5, 5.41) is 6.98. The van der Waals surface area contributed by atoms with Gasteiger partial charge >= 0.3 is 6.18 Å². The van der Waals surface area contributed by atoms with Gasteiger partial charge in [-0.3, -0.25) is 4.90 Å². The molecule has 0 saturated heterocycles. The summed E-state index contributed by atoms with van der Waals surface area (Å²) in [5.41, 5.74) is 5.22. The molecule has 4 rings (SSSR count). The Hall–Kier alpha value is -1.85. The van der Waals surface area contributed by atoms with E-state index in [9.17, 15) is 26.3 Å². The number of nitrogens with zero attached hydrogens (tertiary/aromatic N) is 4. The molecule has 1 fully saturated rings. The molecule has 31 heavy (non-hydrogen) atoms. The molecule has 1 aliphatic carbocycles. The smallest absolute Gasteiger partial charge is 0.330 e. The van der Waals surface area contributed by atoms with Gasteiger partial charge in [0, 0.05) is 37.2 Å². The Morgan fingerprint density at radius 1 is 1.00 bits per heavy atom. The van der Waals surface area contributed by atoms with Gasteiger partial charge in [-0.15, -0.1) is 22.6 Å². The third-order valence-corrected chi connectivity index (χ3v) is 6.44. The molecule has 2 aromatic rings. The topological polar surface area (TPSA) is 60.0 Å². The largest absolute Gasteiger partial charge is 0.451 e. The quantitative estimate of drug-likeness (QED) is 0.549. The van der Waals surface area contributed by atoms with E-state index in [0.717, 1.165) is 10.6 Å². The second kappa shape index (κ2) is 8.59. The first-order chi connectivity index (χ1) is 14.1. The first-order valence-electron chi connectivity index (χ1n) is 9.73. The molecule has 1 aromatic heterocycles. The molecule has 0 radical (unpaired) electrons. The zero-order valence-corrected chi connectivity index (χ0v) is 17.2. The molecule has 0 spiro atoms. The summed E-state index contributed by atoms with van der Waals surface area (Å²) >= 11 is 0. The highest BCUT2D eigenvalue weighted by Crippen LogP contribution is 2.42. The number of halogens is 7. The second-order valence-corrected chi connectivity index (χ2v) is 8.02. The molecular formula is C19H22ClF6N5. The van der Waals surface area contributed by atoms with Crippen molar-refractivity contribution in [2.75, 3.05) is 13.1 Å². The van der Waals surface area contributed by atoms with E-state index in [4.69, 9.17) is 5.73 Å². The third-order valence-electron chi connectivity index (χ3n) is 6.44. The summed E-state index contributed by atoms with van der Waals surface area (Å²) in [5.74, 6) is -3.90. The first kappa shape index (κ1) is 23.8. The minimum absolute atomic E-state index is 0. The Bertz CT molecular complexity index is 939. The van der Waals surface area contributed by atoms with E-state index in [1.165, 1.54) is 0 Å². The van der Waals surface area contributed by atoms with Crippen LogP contribution in [0.25, 0.3) is 0 Å². The molecule has 1 aliphatic heterocycles. The van der Waals surface area contributed by atoms with Crippen LogP contribution in [0, 0.1) is 17.5 Å². The predicted molar refractivity (Wildman–Crippen MR) is 102 cm³/mol. The number of hydrogen-bond acceptors (Lipinski definition) is 4. The van der Waals surface area contributed by atoms with E-state index in [1.807, 2.05) is 4.90 Å². The van der Waals surface area contributed by atoms with E-state index >= 15 is 0 Å². The molecule has 2 N–H and O–H groups in total. The van der Waals surface area contributed by atoms with Crippen molar-refractivity contribution in [2.24, 2.45) is 5.73 Å². The fourth-order valence-electron chi connectivity index (χ4n) is 4.73. The number of benzene rings is 1. The lowest BCUT2D eigenvalue weighted by Gasteiger charge is -2.44. The molecule has 2 aliphatic rings. The molecule has 1 saturated carbocycles. The second-order valence-electron chi connectivity index (χ2n) is 8.02. The Kier molecular flexibility index (Phi) is 6.60. The number of fused-ring (bicyclic) bond motifs is 1. The van der Waals surface area contributed by atoms with Crippen molar-refractivity contribution in [3.8, 4) is 0 Å². The zero-order chi connectivity index (χ0) is 21.7. The van der Waals surface area contributed by atoms with Crippen molar-refractivity contribution in [1.82, 2.24) is 19.7 Å². The average molecular weight is 470 g/mol. The van der Waals surface area contributed by atoms with Crippen molar-refractivity contribution in [3.05, 3.63) is 46.8 Å². The molecule has 2 heterocycles. The van der Waals surface area contributed by atoms with E-state index in [0.29, 0.717) is 38.3 Å². The van der Waals surface area contributed by atoms with Gasteiger partial charge in [0.25, 0.3) is 0 Å². The molecule has 5 nitrogen and oxygen atoms in total. The van der Waals surface area contributed by atoms with Crippen LogP contribution in [-0.4, -0.2) is 38.8 Å². The van der Waals surface area contributed by atoms with Gasteiger partial charge in [-0.25, -0.2) is 13.2 Å². The van der Waals surface area contributed by atoms with Crippen molar-refractivity contribution in [3.63, 3.8) is 0 Å². The maximum atomic E-state index is 14.4. The van der Waals surface area contributed by atoms with Gasteiger partial charge in [-0.1, -0.05) is 0 Å². The number of alkyl halides is 3. The van der Waals surface area contributed by atoms with Crippen LogP contribution in [0.1, 0.15) is 42.9 Å². The molecule has 1 aromatic carbocycles. The van der Waals surface area contributed by atoms with Gasteiger partial charge in [0.2, 0.25) is 5.82 Å². The van der Waals surface area contributed by atoms with Crippen LogP contribution in [0.15, 0.2) is 12.1 Å². The highest BCUT2D eigenvalue weighted by atomic mass is 35.5. The minimum atomic E-state index is -4.55. The normalized spacial score (nSPS) is 24.5. The molecular weight excluding hydrogens is 448 g/mol. The van der Waals surface area contributed by atoms with Gasteiger partial charge in [-0.05, 0) is 37.3 Å². The fourth-order valence-corrected chi connectivity index (χ4v) is 4.73. The highest BCUT2D eigenvalue weighted by Gasteiger charge is 2.42. The number of hydrogen-bond donors (Lipinski definition) is 1. The van der Waals surface area contributed by atoms with E-state index in [1.54, 1.807) is 0 Å². The first-order valence-corrected chi connectivity index (χ1v) is 9.73. The van der Waals surface area contributed by atoms with Gasteiger partial charge in [-0.2, -0.15) is 13.2 Å². The van der Waals surface area contributed by atoms with Crippen molar-refractivity contribution >= 4 is 12.4 Å². The van der Waals surface area contributed by atoms with Gasteiger partial charge in [0.15, 0.2) is 11.6 Å². The van der Waals surface area contributed by atoms with Crippen molar-refractivity contribution in [1.29, 1.82) is 0 Å². The summed E-state index contributed by atoms with van der Waals surface area (Å²) in [7, 11) is 0. The van der Waals surface area contributed by atoms with Gasteiger partial charge in [0.05, 0.1) is 6.54 Å². The van der Waals surface area contributed by atoms with Gasteiger partial charge in [0.1, 0.15) is 11.6 Å². The summed E-state index contributed by atoms with van der Waals surface area (Å²) in [6.45, 7) is 0.870. The van der Waals surface area contributed by atoms with Crippen molar-refractivity contribution < 1.29 is 26.3 Å². The summed E-state index contributed by atoms with van der Waals surface area (Å²) in [4.78, 5) is 2.05. The van der Waals surface area contributed by atoms with E-state index < -0.39 is 34.9 Å². The molecule has 0 atom stereocenters. The Morgan fingerprint density at radius 2 is 1.65 bits per heavy atom. The zero-order valence-electron chi connectivity index (χ0n) is 16.4. The predicted octanol–water partition coefficient (Wildman–Crippen LogP) is 3.79. The Morgan fingerprint density at radius 3 is 2.26 bits per heavy atom. The lowest BCUT2D eigenvalue weighted by atomic mass is 9.67. The summed E-state index contributed by atoms with van der Waals surface area (Å²) in [6.07, 6.45) is -2.40. The standard InChI is InChI=1S/C19H21F6N5.ClH/c20-13-8-15(22)14(21)7-12(13)18(10-26)3-1-11(2-4-18)29-5-6-30-16(9-29)27-28-17(30)19(23,24)25;/h7-8,11H,1-6,9-10,26H2;1H. The van der Waals surface area contributed by atoms with Crippen LogP contribution in [0.5, 0.6) is 0 Å². The minimum Gasteiger partial charge on any atom is -0.330 e. The molecule has 0 amide bonds. The van der Waals surface area contributed by atoms with Crippen LogP contribution >= 0.6 is 12.4 Å². The Balaban J connectivity index is 0.00000272. The lowest BCUT2D eigenvalue weighted by Crippen LogP contribution is -2.48. The molecule has 0 unspecified atom stereocenters. The number of aromatic nitrogens is 3. The van der Waals surface area contributed by atoms with Crippen molar-refractivity contribution in [2.45, 2.75) is 56.4 Å². The average Bonchev–Trinajstić information content (AvgIpc) is 3.14. The molecule has 172 valence electrons. The van der Waals surface area contributed by atoms with E-state index in [2.05, 4.69) is 10.2 Å². The molecule has 12 heteroatoms. The monoisotopic (exact) mass is 469 g/mol. The maximum absolute atomic E-state index is 14.4. The summed E-state index contributed by atoms with van der Waals surface area (Å²) in [6, 6.07) is 1.49. The van der Waals surface area contributed by atoms with Crippen LogP contribution < -0.4 is 5.73 Å². The SMILES string of the molecule is Cl.NCC1(c2cc(F)c(F)cc2F)CCC(N2CCn3c(nnc3C(F)(F)F)C2)CC1. The Labute approximate surface area is 181 Å². The van der Waals surface area contributed by atoms with Crippen LogP contribution in [0.4, 0.5) is 26.3 Å². The maximum Gasteiger partial charge on any atom is 0.451 e. The van der Waals surface area contributed by atoms with Crippen LogP contribution in [0.3, 0.4) is 0 Å². The van der Waals surface area contributed by atoms with Crippen LogP contribution in [0.2, 0.25) is 0 Å². The summed E-state index contributed by atoms with van der Waals surface area (Å²) < 4.78 is 81.5. The number of rotatable bonds is 3. The van der Waals surface area contributed by atoms with Gasteiger partial charge < -0.3 is 10.3 Å². The third kappa shape index (κ3) is 4.27. The van der Waals surface area contributed by atoms with Crippen LogP contribution in [-0.2, 0) is 24.7 Å². The number of nitrogens with two attached hydrogens (primary N) is 1. The molecule has 0 bridgehead atoms. The lowest BCUT2D eigenvalue weighted by molar-refractivity contribution is -0.148.